The highest BCUT2D eigenvalue weighted by Crippen LogP contribution is 2.04. The van der Waals surface area contributed by atoms with Gasteiger partial charge < -0.3 is 15.3 Å². The van der Waals surface area contributed by atoms with Crippen molar-refractivity contribution in [3.8, 4) is 0 Å². The summed E-state index contributed by atoms with van der Waals surface area (Å²) < 4.78 is 0. The zero-order valence-corrected chi connectivity index (χ0v) is 11.4. The van der Waals surface area contributed by atoms with Crippen LogP contribution >= 0.6 is 11.6 Å². The van der Waals surface area contributed by atoms with E-state index in [1.165, 1.54) is 12.4 Å². The number of likely N-dealkylation sites (N-methyl/N-ethyl adjacent to an activating group) is 1. The number of halogens is 1. The molecule has 1 aromatic rings. The minimum Gasteiger partial charge on any atom is -0.387 e. The van der Waals surface area contributed by atoms with Crippen LogP contribution in [0.1, 0.15) is 17.4 Å². The first kappa shape index (κ1) is 14.8. The van der Waals surface area contributed by atoms with Gasteiger partial charge in [0.1, 0.15) is 10.8 Å². The lowest BCUT2D eigenvalue weighted by Crippen LogP contribution is -2.47. The Morgan fingerprint density at radius 2 is 2.17 bits per heavy atom. The molecule has 0 spiro atoms. The number of carbonyl (C=O) groups excluding carboxylic acids is 1. The van der Waals surface area contributed by atoms with Crippen molar-refractivity contribution in [3.05, 3.63) is 23.2 Å². The SMILES string of the molecule is CN(C)CC(C)(O)CNC(=O)c1cnc(Cl)cn1. The lowest BCUT2D eigenvalue weighted by atomic mass is 10.1. The molecule has 0 aliphatic heterocycles. The highest BCUT2D eigenvalue weighted by molar-refractivity contribution is 6.29. The quantitative estimate of drug-likeness (QED) is 0.799. The van der Waals surface area contributed by atoms with Gasteiger partial charge in [-0.3, -0.25) is 4.79 Å². The van der Waals surface area contributed by atoms with Crippen LogP contribution in [0.4, 0.5) is 0 Å². The summed E-state index contributed by atoms with van der Waals surface area (Å²) >= 11 is 5.57. The van der Waals surface area contributed by atoms with E-state index < -0.39 is 11.5 Å². The molecule has 2 N–H and O–H groups in total. The van der Waals surface area contributed by atoms with Gasteiger partial charge in [0.2, 0.25) is 0 Å². The summed E-state index contributed by atoms with van der Waals surface area (Å²) in [5.41, 5.74) is -0.834. The van der Waals surface area contributed by atoms with Crippen LogP contribution in [0.5, 0.6) is 0 Å². The molecule has 18 heavy (non-hydrogen) atoms. The van der Waals surface area contributed by atoms with Crippen LogP contribution in [0.3, 0.4) is 0 Å². The van der Waals surface area contributed by atoms with Crippen LogP contribution in [0.2, 0.25) is 5.15 Å². The molecular formula is C11H17ClN4O2. The van der Waals surface area contributed by atoms with Crippen LogP contribution in [-0.4, -0.2) is 58.7 Å². The van der Waals surface area contributed by atoms with Crippen LogP contribution in [-0.2, 0) is 0 Å². The summed E-state index contributed by atoms with van der Waals surface area (Å²) in [6.45, 7) is 2.23. The van der Waals surface area contributed by atoms with Gasteiger partial charge in [0.25, 0.3) is 5.91 Å². The molecule has 0 saturated heterocycles. The summed E-state index contributed by atoms with van der Waals surface area (Å²) in [6.07, 6.45) is 2.59. The van der Waals surface area contributed by atoms with E-state index in [2.05, 4.69) is 15.3 Å². The van der Waals surface area contributed by atoms with Gasteiger partial charge in [-0.2, -0.15) is 0 Å². The summed E-state index contributed by atoms with van der Waals surface area (Å²) in [7, 11) is 3.70. The Bertz CT molecular complexity index is 406. The Labute approximate surface area is 111 Å². The number of nitrogens with zero attached hydrogens (tertiary/aromatic N) is 3. The molecule has 1 unspecified atom stereocenters. The molecule has 0 aliphatic carbocycles. The molecule has 1 heterocycles. The predicted octanol–water partition coefficient (Wildman–Crippen LogP) is 0.172. The molecule has 1 aromatic heterocycles. The van der Waals surface area contributed by atoms with E-state index in [0.717, 1.165) is 0 Å². The summed E-state index contributed by atoms with van der Waals surface area (Å²) in [4.78, 5) is 21.2. The molecule has 0 aromatic carbocycles. The minimum atomic E-state index is -1.00. The molecule has 0 radical (unpaired) electrons. The third-order valence-electron chi connectivity index (χ3n) is 2.14. The van der Waals surface area contributed by atoms with E-state index in [9.17, 15) is 9.90 Å². The lowest BCUT2D eigenvalue weighted by Gasteiger charge is -2.26. The maximum atomic E-state index is 11.7. The molecule has 1 amide bonds. The zero-order chi connectivity index (χ0) is 13.8. The maximum Gasteiger partial charge on any atom is 0.271 e. The second-order valence-corrected chi connectivity index (χ2v) is 5.03. The van der Waals surface area contributed by atoms with E-state index in [0.29, 0.717) is 6.54 Å². The molecule has 0 saturated carbocycles. The normalized spacial score (nSPS) is 14.3. The number of aromatic nitrogens is 2. The number of nitrogens with one attached hydrogen (secondary N) is 1. The first-order valence-electron chi connectivity index (χ1n) is 5.43. The molecule has 0 bridgehead atoms. The average Bonchev–Trinajstić information content (AvgIpc) is 2.25. The second kappa shape index (κ2) is 6.08. The molecule has 100 valence electrons. The van der Waals surface area contributed by atoms with Crippen LogP contribution in [0, 0.1) is 0 Å². The van der Waals surface area contributed by atoms with E-state index in [1.54, 1.807) is 6.92 Å². The molecular weight excluding hydrogens is 256 g/mol. The van der Waals surface area contributed by atoms with Gasteiger partial charge in [-0.05, 0) is 21.0 Å². The fourth-order valence-electron chi connectivity index (χ4n) is 1.53. The van der Waals surface area contributed by atoms with Gasteiger partial charge in [0.05, 0.1) is 18.0 Å². The largest absolute Gasteiger partial charge is 0.387 e. The first-order valence-corrected chi connectivity index (χ1v) is 5.81. The Balaban J connectivity index is 2.53. The number of hydrogen-bond acceptors (Lipinski definition) is 5. The van der Waals surface area contributed by atoms with Crippen molar-refractivity contribution in [2.24, 2.45) is 0 Å². The van der Waals surface area contributed by atoms with Gasteiger partial charge >= 0.3 is 0 Å². The highest BCUT2D eigenvalue weighted by Gasteiger charge is 2.22. The third-order valence-corrected chi connectivity index (χ3v) is 2.33. The number of amides is 1. The Kier molecular flexibility index (Phi) is 5.01. The number of rotatable bonds is 5. The summed E-state index contributed by atoms with van der Waals surface area (Å²) in [6, 6.07) is 0. The number of carbonyl (C=O) groups is 1. The van der Waals surface area contributed by atoms with Crippen molar-refractivity contribution in [1.29, 1.82) is 0 Å². The molecule has 0 aliphatic rings. The van der Waals surface area contributed by atoms with E-state index in [4.69, 9.17) is 11.6 Å². The van der Waals surface area contributed by atoms with Gasteiger partial charge in [0, 0.05) is 13.1 Å². The van der Waals surface area contributed by atoms with Gasteiger partial charge in [-0.15, -0.1) is 0 Å². The lowest BCUT2D eigenvalue weighted by molar-refractivity contribution is 0.0325. The number of aliphatic hydroxyl groups is 1. The van der Waals surface area contributed by atoms with Crippen molar-refractivity contribution < 1.29 is 9.90 Å². The fraction of sp³-hybridized carbons (Fsp3) is 0.545. The van der Waals surface area contributed by atoms with E-state index >= 15 is 0 Å². The van der Waals surface area contributed by atoms with Crippen molar-refractivity contribution in [1.82, 2.24) is 20.2 Å². The van der Waals surface area contributed by atoms with Gasteiger partial charge in [-0.25, -0.2) is 9.97 Å². The van der Waals surface area contributed by atoms with Crippen molar-refractivity contribution >= 4 is 17.5 Å². The Hall–Kier alpha value is -1.24. The van der Waals surface area contributed by atoms with E-state index in [-0.39, 0.29) is 17.4 Å². The molecule has 0 fully saturated rings. The van der Waals surface area contributed by atoms with Crippen molar-refractivity contribution in [3.63, 3.8) is 0 Å². The zero-order valence-electron chi connectivity index (χ0n) is 10.6. The summed E-state index contributed by atoms with van der Waals surface area (Å²) in [5, 5.41) is 12.8. The predicted molar refractivity (Wildman–Crippen MR) is 68.6 cm³/mol. The van der Waals surface area contributed by atoms with Crippen molar-refractivity contribution in [2.75, 3.05) is 27.2 Å². The topological polar surface area (TPSA) is 78.4 Å². The standard InChI is InChI=1S/C11H17ClN4O2/c1-11(18,7-16(2)3)6-15-10(17)8-4-14-9(12)5-13-8/h4-5,18H,6-7H2,1-3H3,(H,15,17). The second-order valence-electron chi connectivity index (χ2n) is 4.64. The number of hydrogen-bond donors (Lipinski definition) is 2. The first-order chi connectivity index (χ1) is 8.30. The molecule has 1 rings (SSSR count). The monoisotopic (exact) mass is 272 g/mol. The molecule has 7 heteroatoms. The van der Waals surface area contributed by atoms with Gasteiger partial charge in [-0.1, -0.05) is 11.6 Å². The smallest absolute Gasteiger partial charge is 0.271 e. The van der Waals surface area contributed by atoms with Crippen LogP contribution in [0.25, 0.3) is 0 Å². The average molecular weight is 273 g/mol. The van der Waals surface area contributed by atoms with Gasteiger partial charge in [0.15, 0.2) is 0 Å². The van der Waals surface area contributed by atoms with Crippen LogP contribution in [0.15, 0.2) is 12.4 Å². The Morgan fingerprint density at radius 3 is 2.67 bits per heavy atom. The van der Waals surface area contributed by atoms with Crippen molar-refractivity contribution in [2.45, 2.75) is 12.5 Å². The highest BCUT2D eigenvalue weighted by atomic mass is 35.5. The Morgan fingerprint density at radius 1 is 1.50 bits per heavy atom. The molecule has 1 atom stereocenters. The van der Waals surface area contributed by atoms with E-state index in [1.807, 2.05) is 19.0 Å². The minimum absolute atomic E-state index is 0.133. The molecule has 6 nitrogen and oxygen atoms in total. The fourth-order valence-corrected chi connectivity index (χ4v) is 1.63. The maximum absolute atomic E-state index is 11.7. The summed E-state index contributed by atoms with van der Waals surface area (Å²) in [5.74, 6) is -0.391. The third kappa shape index (κ3) is 4.95. The van der Waals surface area contributed by atoms with Crippen LogP contribution < -0.4 is 5.32 Å².